The van der Waals surface area contributed by atoms with Crippen LogP contribution in [0.25, 0.3) is 0 Å². The van der Waals surface area contributed by atoms with Crippen LogP contribution in [0.5, 0.6) is 0 Å². The Balaban J connectivity index is 1.48. The molecule has 122 valence electrons. The summed E-state index contributed by atoms with van der Waals surface area (Å²) in [4.78, 5) is 19.1. The summed E-state index contributed by atoms with van der Waals surface area (Å²) in [6.07, 6.45) is 6.43. The molecule has 0 aromatic carbocycles. The van der Waals surface area contributed by atoms with Crippen molar-refractivity contribution < 1.29 is 9.53 Å². The molecule has 0 saturated heterocycles. The van der Waals surface area contributed by atoms with Crippen molar-refractivity contribution in [2.24, 2.45) is 11.8 Å². The van der Waals surface area contributed by atoms with E-state index >= 15 is 0 Å². The lowest BCUT2D eigenvalue weighted by Gasteiger charge is -2.23. The molecule has 5 nitrogen and oxygen atoms in total. The molecule has 1 atom stereocenters. The summed E-state index contributed by atoms with van der Waals surface area (Å²) in [5, 5.41) is 3.86. The minimum absolute atomic E-state index is 0.0925. The van der Waals surface area contributed by atoms with Gasteiger partial charge in [-0.05, 0) is 30.2 Å². The first-order valence-corrected chi connectivity index (χ1v) is 9.13. The highest BCUT2D eigenvalue weighted by molar-refractivity contribution is 7.08. The van der Waals surface area contributed by atoms with Crippen molar-refractivity contribution in [1.82, 2.24) is 14.5 Å². The molecule has 23 heavy (non-hydrogen) atoms. The van der Waals surface area contributed by atoms with E-state index in [0.29, 0.717) is 19.1 Å². The Labute approximate surface area is 139 Å². The number of carbonyl (C=O) groups is 1. The molecule has 1 fully saturated rings. The maximum Gasteiger partial charge on any atom is 0.255 e. The Kier molecular flexibility index (Phi) is 4.18. The van der Waals surface area contributed by atoms with Gasteiger partial charge in [0.05, 0.1) is 18.7 Å². The highest BCUT2D eigenvalue weighted by Crippen LogP contribution is 2.29. The van der Waals surface area contributed by atoms with Crippen LogP contribution in [0.2, 0.25) is 0 Å². The Morgan fingerprint density at radius 2 is 2.17 bits per heavy atom. The summed E-state index contributed by atoms with van der Waals surface area (Å²) < 4.78 is 8.05. The summed E-state index contributed by atoms with van der Waals surface area (Å²) in [5.41, 5.74) is 0.771. The normalized spacial score (nSPS) is 21.0. The second kappa shape index (κ2) is 6.45. The molecule has 6 heteroatoms. The van der Waals surface area contributed by atoms with Crippen LogP contribution in [-0.2, 0) is 17.8 Å². The molecule has 0 N–H and O–H groups in total. The van der Waals surface area contributed by atoms with E-state index in [9.17, 15) is 4.79 Å². The number of aromatic nitrogens is 2. The van der Waals surface area contributed by atoms with E-state index in [2.05, 4.69) is 9.55 Å². The molecule has 0 spiro atoms. The van der Waals surface area contributed by atoms with E-state index in [-0.39, 0.29) is 5.91 Å². The molecule has 2 aromatic heterocycles. The van der Waals surface area contributed by atoms with Crippen LogP contribution in [0.3, 0.4) is 0 Å². The summed E-state index contributed by atoms with van der Waals surface area (Å²) in [7, 11) is 0. The monoisotopic (exact) mass is 331 g/mol. The first kappa shape index (κ1) is 14.9. The predicted octanol–water partition coefficient (Wildman–Crippen LogP) is 2.64. The van der Waals surface area contributed by atoms with Gasteiger partial charge in [0.25, 0.3) is 5.91 Å². The fraction of sp³-hybridized carbons (Fsp3) is 0.529. The molecule has 1 saturated carbocycles. The van der Waals surface area contributed by atoms with Gasteiger partial charge in [0.1, 0.15) is 5.82 Å². The lowest BCUT2D eigenvalue weighted by atomic mass is 10.1. The standard InChI is InChI=1S/C17H21N3O2S/c21-17(15-3-6-23-12-15)20-8-14(11-22-10-13-1-2-13)7-19-5-4-18-16(19)9-20/h3-6,12-14H,1-2,7-11H2. The minimum Gasteiger partial charge on any atom is -0.381 e. The third-order valence-corrected chi connectivity index (χ3v) is 5.21. The molecule has 3 heterocycles. The summed E-state index contributed by atoms with van der Waals surface area (Å²) in [6.45, 7) is 3.74. The SMILES string of the molecule is O=C(c1ccsc1)N1Cc2nccn2CC(COCC2CC2)C1. The van der Waals surface area contributed by atoms with Crippen molar-refractivity contribution in [3.05, 3.63) is 40.6 Å². The van der Waals surface area contributed by atoms with Crippen LogP contribution in [0, 0.1) is 11.8 Å². The molecule has 0 radical (unpaired) electrons. The summed E-state index contributed by atoms with van der Waals surface area (Å²) >= 11 is 1.56. The first-order chi connectivity index (χ1) is 11.3. The van der Waals surface area contributed by atoms with Crippen molar-refractivity contribution >= 4 is 17.2 Å². The Bertz CT molecular complexity index is 663. The minimum atomic E-state index is 0.0925. The molecule has 1 aliphatic carbocycles. The number of fused-ring (bicyclic) bond motifs is 1. The van der Waals surface area contributed by atoms with Crippen molar-refractivity contribution in [2.45, 2.75) is 25.9 Å². The maximum absolute atomic E-state index is 12.7. The third-order valence-electron chi connectivity index (χ3n) is 4.53. The molecule has 1 unspecified atom stereocenters. The van der Waals surface area contributed by atoms with Gasteiger partial charge in [-0.3, -0.25) is 4.79 Å². The zero-order chi connectivity index (χ0) is 15.6. The fourth-order valence-electron chi connectivity index (χ4n) is 3.06. The van der Waals surface area contributed by atoms with Gasteiger partial charge in [-0.1, -0.05) is 0 Å². The number of imidazole rings is 1. The van der Waals surface area contributed by atoms with Crippen molar-refractivity contribution in [2.75, 3.05) is 19.8 Å². The number of nitrogens with zero attached hydrogens (tertiary/aromatic N) is 3. The average Bonchev–Trinajstić information content (AvgIpc) is 3.07. The topological polar surface area (TPSA) is 47.4 Å². The fourth-order valence-corrected chi connectivity index (χ4v) is 3.69. The van der Waals surface area contributed by atoms with Gasteiger partial charge < -0.3 is 14.2 Å². The van der Waals surface area contributed by atoms with Crippen molar-refractivity contribution in [3.8, 4) is 0 Å². The predicted molar refractivity (Wildman–Crippen MR) is 88.3 cm³/mol. The highest BCUT2D eigenvalue weighted by atomic mass is 32.1. The quantitative estimate of drug-likeness (QED) is 0.846. The van der Waals surface area contributed by atoms with Gasteiger partial charge in [-0.25, -0.2) is 4.98 Å². The van der Waals surface area contributed by atoms with Gasteiger partial charge in [0, 0.05) is 43.4 Å². The van der Waals surface area contributed by atoms with Crippen molar-refractivity contribution in [1.29, 1.82) is 0 Å². The van der Waals surface area contributed by atoms with Gasteiger partial charge in [0.15, 0.2) is 0 Å². The van der Waals surface area contributed by atoms with Crippen LogP contribution in [0.15, 0.2) is 29.2 Å². The Morgan fingerprint density at radius 3 is 2.96 bits per heavy atom. The Morgan fingerprint density at radius 1 is 1.30 bits per heavy atom. The van der Waals surface area contributed by atoms with Gasteiger partial charge in [-0.2, -0.15) is 11.3 Å². The molecular formula is C17H21N3O2S. The number of rotatable bonds is 5. The van der Waals surface area contributed by atoms with E-state index in [4.69, 9.17) is 4.74 Å². The average molecular weight is 331 g/mol. The molecular weight excluding hydrogens is 310 g/mol. The van der Waals surface area contributed by atoms with Crippen LogP contribution in [-0.4, -0.2) is 40.1 Å². The molecule has 0 bridgehead atoms. The molecule has 1 amide bonds. The zero-order valence-corrected chi connectivity index (χ0v) is 13.9. The third kappa shape index (κ3) is 3.48. The second-order valence-corrected chi connectivity index (χ2v) is 7.32. The molecule has 4 rings (SSSR count). The van der Waals surface area contributed by atoms with E-state index in [1.807, 2.05) is 34.1 Å². The van der Waals surface area contributed by atoms with E-state index in [1.54, 1.807) is 11.3 Å². The number of hydrogen-bond acceptors (Lipinski definition) is 4. The van der Waals surface area contributed by atoms with E-state index in [0.717, 1.165) is 37.0 Å². The lowest BCUT2D eigenvalue weighted by molar-refractivity contribution is 0.0571. The number of amides is 1. The number of ether oxygens (including phenoxy) is 1. The lowest BCUT2D eigenvalue weighted by Crippen LogP contribution is -2.35. The van der Waals surface area contributed by atoms with Crippen LogP contribution in [0.1, 0.15) is 29.0 Å². The number of thiophene rings is 1. The molecule has 1 aliphatic heterocycles. The molecule has 2 aliphatic rings. The van der Waals surface area contributed by atoms with E-state index < -0.39 is 0 Å². The van der Waals surface area contributed by atoms with Crippen LogP contribution < -0.4 is 0 Å². The second-order valence-electron chi connectivity index (χ2n) is 6.54. The van der Waals surface area contributed by atoms with Gasteiger partial charge in [0.2, 0.25) is 0 Å². The largest absolute Gasteiger partial charge is 0.381 e. The smallest absolute Gasteiger partial charge is 0.255 e. The van der Waals surface area contributed by atoms with E-state index in [1.165, 1.54) is 12.8 Å². The summed E-state index contributed by atoms with van der Waals surface area (Å²) in [6, 6.07) is 1.89. The number of hydrogen-bond donors (Lipinski definition) is 0. The van der Waals surface area contributed by atoms with Crippen LogP contribution >= 0.6 is 11.3 Å². The maximum atomic E-state index is 12.7. The van der Waals surface area contributed by atoms with Gasteiger partial charge in [-0.15, -0.1) is 0 Å². The molecule has 2 aromatic rings. The summed E-state index contributed by atoms with van der Waals surface area (Å²) in [5.74, 6) is 2.13. The van der Waals surface area contributed by atoms with Crippen LogP contribution in [0.4, 0.5) is 0 Å². The Hall–Kier alpha value is -1.66. The first-order valence-electron chi connectivity index (χ1n) is 8.19. The zero-order valence-electron chi connectivity index (χ0n) is 13.1. The number of carbonyl (C=O) groups excluding carboxylic acids is 1. The van der Waals surface area contributed by atoms with Crippen molar-refractivity contribution in [3.63, 3.8) is 0 Å². The highest BCUT2D eigenvalue weighted by Gasteiger charge is 2.27. The van der Waals surface area contributed by atoms with Gasteiger partial charge >= 0.3 is 0 Å².